The van der Waals surface area contributed by atoms with Crippen molar-refractivity contribution < 1.29 is 32.3 Å². The van der Waals surface area contributed by atoms with Crippen LogP contribution >= 0.6 is 7.82 Å². The van der Waals surface area contributed by atoms with Crippen LogP contribution in [0.15, 0.2) is 36.5 Å². The van der Waals surface area contributed by atoms with E-state index in [2.05, 4.69) is 19.7 Å². The minimum atomic E-state index is -3.60. The van der Waals surface area contributed by atoms with E-state index in [1.165, 1.54) is 0 Å². The summed E-state index contributed by atoms with van der Waals surface area (Å²) >= 11 is 0. The van der Waals surface area contributed by atoms with Crippen molar-refractivity contribution in [3.63, 3.8) is 0 Å². The van der Waals surface area contributed by atoms with Crippen LogP contribution < -0.4 is 0 Å². The molecule has 0 amide bonds. The Morgan fingerprint density at radius 2 is 0.781 bits per heavy atom. The Bertz CT molecular complexity index is 486. The summed E-state index contributed by atoms with van der Waals surface area (Å²) in [6, 6.07) is 0. The molecule has 0 spiro atoms. The fourth-order valence-corrected chi connectivity index (χ4v) is 3.58. The van der Waals surface area contributed by atoms with E-state index in [-0.39, 0.29) is 19.8 Å². The average Bonchev–Trinajstić information content (AvgIpc) is 2.71. The van der Waals surface area contributed by atoms with Crippen LogP contribution in [0.3, 0.4) is 0 Å². The van der Waals surface area contributed by atoms with E-state index >= 15 is 0 Å². The van der Waals surface area contributed by atoms with Crippen molar-refractivity contribution >= 4 is 7.82 Å². The zero-order valence-corrected chi connectivity index (χ0v) is 21.4. The van der Waals surface area contributed by atoms with Crippen molar-refractivity contribution in [1.82, 2.24) is 0 Å². The number of hydrogen-bond acceptors (Lipinski definition) is 7. The Balaban J connectivity index is 4.17. The summed E-state index contributed by atoms with van der Waals surface area (Å²) < 4.78 is 45.9. The summed E-state index contributed by atoms with van der Waals surface area (Å²) in [5.41, 5.74) is 2.97. The molecule has 0 radical (unpaired) electrons. The van der Waals surface area contributed by atoms with Gasteiger partial charge in [-0.25, -0.2) is 4.57 Å². The molecule has 8 heteroatoms. The highest BCUT2D eigenvalue weighted by molar-refractivity contribution is 7.48. The summed E-state index contributed by atoms with van der Waals surface area (Å²) in [5.74, 6) is 0. The Morgan fingerprint density at radius 1 is 0.531 bits per heavy atom. The molecule has 7 nitrogen and oxygen atoms in total. The summed E-state index contributed by atoms with van der Waals surface area (Å²) in [6.07, 6.45) is 4.51. The van der Waals surface area contributed by atoms with Gasteiger partial charge in [-0.05, 0) is 59.3 Å². The predicted molar refractivity (Wildman–Crippen MR) is 130 cm³/mol. The average molecular weight is 477 g/mol. The van der Waals surface area contributed by atoms with Gasteiger partial charge in [0.1, 0.15) is 0 Å². The molecule has 32 heavy (non-hydrogen) atoms. The lowest BCUT2D eigenvalue weighted by molar-refractivity contribution is 0.0947. The maximum absolute atomic E-state index is 13.0. The van der Waals surface area contributed by atoms with Gasteiger partial charge in [-0.3, -0.25) is 13.6 Å². The fraction of sp³-hybridized carbons (Fsp3) is 0.750. The van der Waals surface area contributed by atoms with Gasteiger partial charge in [-0.1, -0.05) is 36.5 Å². The Kier molecular flexibility index (Phi) is 20.3. The molecule has 0 heterocycles. The molecule has 0 aliphatic rings. The Hall–Kier alpha value is -0.790. The third-order valence-corrected chi connectivity index (χ3v) is 5.34. The molecule has 0 aromatic carbocycles. The van der Waals surface area contributed by atoms with E-state index in [1.54, 1.807) is 0 Å². The Morgan fingerprint density at radius 3 is 1.03 bits per heavy atom. The van der Waals surface area contributed by atoms with Crippen LogP contribution in [0.4, 0.5) is 0 Å². The number of phosphoric acid groups is 1. The normalized spacial score (nSPS) is 11.6. The SMILES string of the molecule is C=C(C)COCCCCOP(=O)(OCCCCOCC(=C)C)OCCCCOCC(=C)C. The second kappa shape index (κ2) is 20.8. The van der Waals surface area contributed by atoms with Crippen LogP contribution in [0.25, 0.3) is 0 Å². The zero-order valence-electron chi connectivity index (χ0n) is 20.5. The molecule has 0 aromatic heterocycles. The summed E-state index contributed by atoms with van der Waals surface area (Å²) in [6.45, 7) is 21.5. The van der Waals surface area contributed by atoms with Gasteiger partial charge in [0, 0.05) is 19.8 Å². The highest BCUT2D eigenvalue weighted by Crippen LogP contribution is 2.49. The van der Waals surface area contributed by atoms with Crippen LogP contribution in [-0.2, 0) is 32.3 Å². The number of phosphoric ester groups is 1. The van der Waals surface area contributed by atoms with Crippen LogP contribution in [-0.4, -0.2) is 59.5 Å². The number of ether oxygens (including phenoxy) is 3. The van der Waals surface area contributed by atoms with Gasteiger partial charge < -0.3 is 14.2 Å². The molecule has 0 aromatic rings. The standard InChI is InChI=1S/C24H45O7P/c1-22(2)19-26-13-7-10-16-29-32(25,30-17-11-8-14-27-20-23(3)4)31-18-12-9-15-28-21-24(5)6/h1,3,5,7-21H2,2,4,6H3. The molecule has 0 bridgehead atoms. The maximum atomic E-state index is 13.0. The predicted octanol–water partition coefficient (Wildman–Crippen LogP) is 6.26. The molecule has 0 saturated heterocycles. The second-order valence-electron chi connectivity index (χ2n) is 8.10. The van der Waals surface area contributed by atoms with Crippen molar-refractivity contribution in [3.05, 3.63) is 36.5 Å². The quantitative estimate of drug-likeness (QED) is 0.0924. The largest absolute Gasteiger partial charge is 0.474 e. The van der Waals surface area contributed by atoms with Gasteiger partial charge in [0.15, 0.2) is 0 Å². The van der Waals surface area contributed by atoms with E-state index in [0.29, 0.717) is 58.9 Å². The molecule has 0 unspecified atom stereocenters. The lowest BCUT2D eigenvalue weighted by atomic mass is 10.3. The zero-order chi connectivity index (χ0) is 24.1. The summed E-state index contributed by atoms with van der Waals surface area (Å²) in [4.78, 5) is 0. The van der Waals surface area contributed by atoms with Crippen molar-refractivity contribution in [1.29, 1.82) is 0 Å². The highest BCUT2D eigenvalue weighted by Gasteiger charge is 2.26. The third kappa shape index (κ3) is 22.4. The fourth-order valence-electron chi connectivity index (χ4n) is 2.30. The van der Waals surface area contributed by atoms with Crippen LogP contribution in [0, 0.1) is 0 Å². The first-order chi connectivity index (χ1) is 15.2. The smallest absolute Gasteiger partial charge is 0.377 e. The molecular weight excluding hydrogens is 431 g/mol. The Labute approximate surface area is 195 Å². The maximum Gasteiger partial charge on any atom is 0.474 e. The van der Waals surface area contributed by atoms with E-state index < -0.39 is 7.82 Å². The second-order valence-corrected chi connectivity index (χ2v) is 9.77. The molecule has 0 N–H and O–H groups in total. The van der Waals surface area contributed by atoms with Gasteiger partial charge in [0.25, 0.3) is 0 Å². The van der Waals surface area contributed by atoms with Crippen molar-refractivity contribution in [2.24, 2.45) is 0 Å². The third-order valence-electron chi connectivity index (χ3n) is 3.84. The molecule has 0 atom stereocenters. The van der Waals surface area contributed by atoms with Crippen LogP contribution in [0.2, 0.25) is 0 Å². The number of unbranched alkanes of at least 4 members (excludes halogenated alkanes) is 3. The van der Waals surface area contributed by atoms with E-state index in [1.807, 2.05) is 20.8 Å². The van der Waals surface area contributed by atoms with E-state index in [9.17, 15) is 4.57 Å². The minimum absolute atomic E-state index is 0.289. The molecule has 0 saturated carbocycles. The van der Waals surface area contributed by atoms with Gasteiger partial charge in [-0.2, -0.15) is 0 Å². The van der Waals surface area contributed by atoms with Gasteiger partial charge in [-0.15, -0.1) is 0 Å². The highest BCUT2D eigenvalue weighted by atomic mass is 31.2. The summed E-state index contributed by atoms with van der Waals surface area (Å²) in [5, 5.41) is 0. The first kappa shape index (κ1) is 31.2. The topological polar surface area (TPSA) is 72.5 Å². The molecule has 0 aliphatic carbocycles. The van der Waals surface area contributed by atoms with Crippen LogP contribution in [0.5, 0.6) is 0 Å². The molecule has 0 aliphatic heterocycles. The number of hydrogen-bond donors (Lipinski definition) is 0. The van der Waals surface area contributed by atoms with Crippen molar-refractivity contribution in [2.75, 3.05) is 59.5 Å². The van der Waals surface area contributed by atoms with Gasteiger partial charge in [0.05, 0.1) is 39.6 Å². The monoisotopic (exact) mass is 476 g/mol. The molecular formula is C24H45O7P. The van der Waals surface area contributed by atoms with E-state index in [0.717, 1.165) is 36.0 Å². The van der Waals surface area contributed by atoms with Crippen LogP contribution in [0.1, 0.15) is 59.3 Å². The summed E-state index contributed by atoms with van der Waals surface area (Å²) in [7, 11) is -3.60. The molecule has 188 valence electrons. The lowest BCUT2D eigenvalue weighted by Crippen LogP contribution is -2.06. The first-order valence-electron chi connectivity index (χ1n) is 11.4. The number of rotatable bonds is 24. The van der Waals surface area contributed by atoms with Crippen molar-refractivity contribution in [3.8, 4) is 0 Å². The van der Waals surface area contributed by atoms with Gasteiger partial charge >= 0.3 is 7.82 Å². The lowest BCUT2D eigenvalue weighted by Gasteiger charge is -2.18. The van der Waals surface area contributed by atoms with Gasteiger partial charge in [0.2, 0.25) is 0 Å². The first-order valence-corrected chi connectivity index (χ1v) is 12.9. The van der Waals surface area contributed by atoms with E-state index in [4.69, 9.17) is 27.8 Å². The van der Waals surface area contributed by atoms with Crippen molar-refractivity contribution in [2.45, 2.75) is 59.3 Å². The molecule has 0 fully saturated rings. The minimum Gasteiger partial charge on any atom is -0.377 e. The molecule has 0 rings (SSSR count).